The second kappa shape index (κ2) is 6.80. The molecule has 0 heterocycles. The molecule has 0 radical (unpaired) electrons. The molecule has 1 fully saturated rings. The monoisotopic (exact) mass is 293 g/mol. The van der Waals surface area contributed by atoms with Crippen molar-refractivity contribution in [1.29, 1.82) is 0 Å². The number of ether oxygens (including phenoxy) is 3. The summed E-state index contributed by atoms with van der Waals surface area (Å²) in [5.41, 5.74) is 0.108. The molecule has 2 unspecified atom stereocenters. The van der Waals surface area contributed by atoms with Crippen molar-refractivity contribution in [3.8, 4) is 5.75 Å². The molecule has 1 N–H and O–H groups in total. The van der Waals surface area contributed by atoms with Gasteiger partial charge < -0.3 is 19.5 Å². The lowest BCUT2D eigenvalue weighted by molar-refractivity contribution is -0.149. The summed E-state index contributed by atoms with van der Waals surface area (Å²) in [6.45, 7) is 0. The number of carbonyl (C=O) groups is 1. The van der Waals surface area contributed by atoms with Crippen LogP contribution in [0.2, 0.25) is 0 Å². The van der Waals surface area contributed by atoms with E-state index in [-0.39, 0.29) is 12.1 Å². The molecule has 0 saturated heterocycles. The van der Waals surface area contributed by atoms with Gasteiger partial charge >= 0.3 is 5.97 Å². The lowest BCUT2D eigenvalue weighted by atomic mass is 9.79. The van der Waals surface area contributed by atoms with Gasteiger partial charge in [0, 0.05) is 25.3 Å². The van der Waals surface area contributed by atoms with Gasteiger partial charge in [0.25, 0.3) is 0 Å². The topological polar surface area (TPSA) is 56.8 Å². The Morgan fingerprint density at radius 1 is 1.33 bits per heavy atom. The van der Waals surface area contributed by atoms with Crippen LogP contribution in [0.3, 0.4) is 0 Å². The minimum absolute atomic E-state index is 0.0657. The molecule has 0 aliphatic heterocycles. The molecule has 2 rings (SSSR count). The number of esters is 1. The summed E-state index contributed by atoms with van der Waals surface area (Å²) in [5.74, 6) is 0.506. The van der Waals surface area contributed by atoms with E-state index in [1.165, 1.54) is 7.11 Å². The van der Waals surface area contributed by atoms with Crippen molar-refractivity contribution in [2.24, 2.45) is 0 Å². The molecule has 21 heavy (non-hydrogen) atoms. The molecule has 5 nitrogen and oxygen atoms in total. The van der Waals surface area contributed by atoms with Crippen LogP contribution < -0.4 is 10.1 Å². The summed E-state index contributed by atoms with van der Waals surface area (Å²) < 4.78 is 15.7. The van der Waals surface area contributed by atoms with Gasteiger partial charge in [-0.05, 0) is 31.4 Å². The first-order valence-electron chi connectivity index (χ1n) is 7.17. The second-order valence-corrected chi connectivity index (χ2v) is 5.38. The Morgan fingerprint density at radius 3 is 2.81 bits per heavy atom. The molecule has 1 aromatic carbocycles. The van der Waals surface area contributed by atoms with Gasteiger partial charge in [0.05, 0.1) is 20.3 Å². The maximum atomic E-state index is 12.3. The van der Waals surface area contributed by atoms with E-state index >= 15 is 0 Å². The number of anilines is 1. The number of benzene rings is 1. The molecule has 116 valence electrons. The van der Waals surface area contributed by atoms with E-state index in [4.69, 9.17) is 14.2 Å². The molecule has 5 heteroatoms. The van der Waals surface area contributed by atoms with Crippen LogP contribution >= 0.6 is 0 Å². The molecule has 1 aliphatic carbocycles. The number of rotatable bonds is 5. The third kappa shape index (κ3) is 3.47. The number of methoxy groups -OCH3 is 3. The summed E-state index contributed by atoms with van der Waals surface area (Å²) in [6, 6.07) is 7.56. The predicted molar refractivity (Wildman–Crippen MR) is 80.6 cm³/mol. The maximum absolute atomic E-state index is 12.3. The third-order valence-electron chi connectivity index (χ3n) is 4.07. The van der Waals surface area contributed by atoms with E-state index in [9.17, 15) is 4.79 Å². The Hall–Kier alpha value is -1.75. The van der Waals surface area contributed by atoms with Crippen LogP contribution in [0.1, 0.15) is 25.7 Å². The fourth-order valence-electron chi connectivity index (χ4n) is 2.95. The van der Waals surface area contributed by atoms with Crippen LogP contribution in [0.4, 0.5) is 5.69 Å². The van der Waals surface area contributed by atoms with Crippen molar-refractivity contribution >= 4 is 11.7 Å². The van der Waals surface area contributed by atoms with E-state index in [1.807, 2.05) is 24.3 Å². The van der Waals surface area contributed by atoms with Gasteiger partial charge in [0.1, 0.15) is 11.3 Å². The predicted octanol–water partition coefficient (Wildman–Crippen LogP) is 2.61. The van der Waals surface area contributed by atoms with Crippen molar-refractivity contribution in [2.45, 2.75) is 37.3 Å². The quantitative estimate of drug-likeness (QED) is 0.846. The molecular formula is C16H23NO4. The first kappa shape index (κ1) is 15.6. The van der Waals surface area contributed by atoms with Gasteiger partial charge in [-0.2, -0.15) is 0 Å². The third-order valence-corrected chi connectivity index (χ3v) is 4.07. The van der Waals surface area contributed by atoms with E-state index in [0.29, 0.717) is 6.42 Å². The summed E-state index contributed by atoms with van der Waals surface area (Å²) in [4.78, 5) is 12.3. The molecule has 0 aromatic heterocycles. The van der Waals surface area contributed by atoms with Gasteiger partial charge in [-0.15, -0.1) is 0 Å². The lowest BCUT2D eigenvalue weighted by Crippen LogP contribution is -2.52. The highest BCUT2D eigenvalue weighted by Gasteiger charge is 2.44. The zero-order valence-corrected chi connectivity index (χ0v) is 12.8. The van der Waals surface area contributed by atoms with Crippen LogP contribution in [-0.4, -0.2) is 38.9 Å². The molecule has 0 amide bonds. The molecule has 1 saturated carbocycles. The van der Waals surface area contributed by atoms with Crippen molar-refractivity contribution in [1.82, 2.24) is 0 Å². The zero-order valence-electron chi connectivity index (χ0n) is 12.8. The van der Waals surface area contributed by atoms with Gasteiger partial charge in [-0.25, -0.2) is 4.79 Å². The van der Waals surface area contributed by atoms with E-state index in [0.717, 1.165) is 30.7 Å². The first-order valence-corrected chi connectivity index (χ1v) is 7.17. The second-order valence-electron chi connectivity index (χ2n) is 5.38. The zero-order chi connectivity index (χ0) is 15.3. The Bertz CT molecular complexity index is 491. The summed E-state index contributed by atoms with van der Waals surface area (Å²) in [5, 5.41) is 3.35. The first-order chi connectivity index (χ1) is 10.1. The average Bonchev–Trinajstić information content (AvgIpc) is 2.54. The van der Waals surface area contributed by atoms with Crippen LogP contribution in [-0.2, 0) is 14.3 Å². The van der Waals surface area contributed by atoms with Crippen molar-refractivity contribution in [2.75, 3.05) is 26.6 Å². The van der Waals surface area contributed by atoms with Crippen LogP contribution in [0.15, 0.2) is 24.3 Å². The van der Waals surface area contributed by atoms with E-state index in [2.05, 4.69) is 5.32 Å². The molecule has 1 aromatic rings. The average molecular weight is 293 g/mol. The molecule has 0 spiro atoms. The minimum atomic E-state index is -0.736. The van der Waals surface area contributed by atoms with Gasteiger partial charge in [-0.3, -0.25) is 0 Å². The number of hydrogen-bond acceptors (Lipinski definition) is 5. The van der Waals surface area contributed by atoms with Crippen molar-refractivity contribution in [3.05, 3.63) is 24.3 Å². The highest BCUT2D eigenvalue weighted by atomic mass is 16.5. The molecule has 2 atom stereocenters. The largest absolute Gasteiger partial charge is 0.497 e. The fourth-order valence-corrected chi connectivity index (χ4v) is 2.95. The lowest BCUT2D eigenvalue weighted by Gasteiger charge is -2.39. The van der Waals surface area contributed by atoms with E-state index in [1.54, 1.807) is 14.2 Å². The van der Waals surface area contributed by atoms with Gasteiger partial charge in [0.2, 0.25) is 0 Å². The summed E-state index contributed by atoms with van der Waals surface area (Å²) in [7, 11) is 4.73. The standard InChI is InChI=1S/C16H23NO4/c1-19-13-7-4-6-12(10-13)17-16(15(18)21-3)9-5-8-14(11-16)20-2/h4,6-7,10,14,17H,5,8-9,11H2,1-3H3. The van der Waals surface area contributed by atoms with Crippen LogP contribution in [0.5, 0.6) is 5.75 Å². The maximum Gasteiger partial charge on any atom is 0.331 e. The Kier molecular flexibility index (Phi) is 5.07. The van der Waals surface area contributed by atoms with Gasteiger partial charge in [-0.1, -0.05) is 6.07 Å². The Morgan fingerprint density at radius 2 is 2.14 bits per heavy atom. The molecular weight excluding hydrogens is 270 g/mol. The van der Waals surface area contributed by atoms with Crippen LogP contribution in [0, 0.1) is 0 Å². The SMILES string of the molecule is COC(=O)C1(Nc2cccc(OC)c2)CCCC(OC)C1. The highest BCUT2D eigenvalue weighted by Crippen LogP contribution is 2.34. The molecule has 0 bridgehead atoms. The van der Waals surface area contributed by atoms with Gasteiger partial charge in [0.15, 0.2) is 0 Å². The minimum Gasteiger partial charge on any atom is -0.497 e. The Balaban J connectivity index is 2.25. The summed E-state index contributed by atoms with van der Waals surface area (Å²) >= 11 is 0. The number of carbonyl (C=O) groups excluding carboxylic acids is 1. The van der Waals surface area contributed by atoms with Crippen molar-refractivity contribution in [3.63, 3.8) is 0 Å². The van der Waals surface area contributed by atoms with E-state index < -0.39 is 5.54 Å². The smallest absolute Gasteiger partial charge is 0.331 e. The normalized spacial score (nSPS) is 25.2. The number of hydrogen-bond donors (Lipinski definition) is 1. The summed E-state index contributed by atoms with van der Waals surface area (Å²) in [6.07, 6.45) is 3.29. The fraction of sp³-hybridized carbons (Fsp3) is 0.562. The highest BCUT2D eigenvalue weighted by molar-refractivity contribution is 5.84. The van der Waals surface area contributed by atoms with Crippen LogP contribution in [0.25, 0.3) is 0 Å². The van der Waals surface area contributed by atoms with Crippen molar-refractivity contribution < 1.29 is 19.0 Å². The molecule has 1 aliphatic rings. The number of nitrogens with one attached hydrogen (secondary N) is 1. The Labute approximate surface area is 125 Å².